The Morgan fingerprint density at radius 1 is 1.25 bits per heavy atom. The van der Waals surface area contributed by atoms with Gasteiger partial charge in [0.25, 0.3) is 5.91 Å². The van der Waals surface area contributed by atoms with Crippen molar-refractivity contribution in [3.63, 3.8) is 0 Å². The lowest BCUT2D eigenvalue weighted by Gasteiger charge is -2.20. The molecule has 1 saturated heterocycles. The maximum Gasteiger partial charge on any atom is 0.253 e. The van der Waals surface area contributed by atoms with Crippen LogP contribution in [0.15, 0.2) is 42.5 Å². The number of likely N-dealkylation sites (N-methyl/N-ethyl adjacent to an activating group) is 1. The molecular formula is C22H21ClN4O. The summed E-state index contributed by atoms with van der Waals surface area (Å²) >= 11 is 6.17. The molecule has 0 aliphatic carbocycles. The zero-order chi connectivity index (χ0) is 19.7. The summed E-state index contributed by atoms with van der Waals surface area (Å²) in [5, 5.41) is 8.73. The average molecular weight is 393 g/mol. The van der Waals surface area contributed by atoms with Crippen molar-refractivity contribution in [2.45, 2.75) is 12.5 Å². The van der Waals surface area contributed by atoms with Gasteiger partial charge in [-0.2, -0.15) is 5.10 Å². The highest BCUT2D eigenvalue weighted by atomic mass is 35.5. The number of amides is 1. The Balaban J connectivity index is 1.62. The van der Waals surface area contributed by atoms with Crippen molar-refractivity contribution in [3.8, 4) is 11.8 Å². The third-order valence-electron chi connectivity index (χ3n) is 5.18. The summed E-state index contributed by atoms with van der Waals surface area (Å²) in [4.78, 5) is 17.0. The molecule has 0 saturated carbocycles. The SMILES string of the molecule is CN(C)[C@H]1CCN(C(=O)c2ccc3[nH]nc(C#Cc4ccccc4Cl)c3c2)C1. The number of likely N-dealkylation sites (tertiary alicyclic amines) is 1. The van der Waals surface area contributed by atoms with Gasteiger partial charge in [0.15, 0.2) is 0 Å². The second kappa shape index (κ2) is 7.67. The van der Waals surface area contributed by atoms with Crippen LogP contribution in [-0.4, -0.2) is 59.1 Å². The molecule has 1 N–H and O–H groups in total. The van der Waals surface area contributed by atoms with E-state index < -0.39 is 0 Å². The molecule has 1 fully saturated rings. The molecule has 0 bridgehead atoms. The van der Waals surface area contributed by atoms with Crippen LogP contribution in [0.4, 0.5) is 0 Å². The van der Waals surface area contributed by atoms with Crippen molar-refractivity contribution in [2.24, 2.45) is 0 Å². The molecule has 4 rings (SSSR count). The van der Waals surface area contributed by atoms with Crippen molar-refractivity contribution in [2.75, 3.05) is 27.2 Å². The van der Waals surface area contributed by atoms with Crippen molar-refractivity contribution in [1.82, 2.24) is 20.0 Å². The van der Waals surface area contributed by atoms with Gasteiger partial charge in [0.2, 0.25) is 0 Å². The molecule has 0 spiro atoms. The van der Waals surface area contributed by atoms with Gasteiger partial charge in [0.05, 0.1) is 10.5 Å². The highest BCUT2D eigenvalue weighted by Gasteiger charge is 2.28. The molecule has 1 amide bonds. The van der Waals surface area contributed by atoms with Crippen LogP contribution < -0.4 is 0 Å². The quantitative estimate of drug-likeness (QED) is 0.680. The maximum atomic E-state index is 12.9. The Bertz CT molecular complexity index is 1090. The molecule has 6 heteroatoms. The van der Waals surface area contributed by atoms with E-state index in [1.54, 1.807) is 0 Å². The summed E-state index contributed by atoms with van der Waals surface area (Å²) in [5.41, 5.74) is 2.87. The minimum atomic E-state index is 0.0532. The Morgan fingerprint density at radius 3 is 2.82 bits per heavy atom. The van der Waals surface area contributed by atoms with Gasteiger partial charge in [0, 0.05) is 35.6 Å². The van der Waals surface area contributed by atoms with Crippen molar-refractivity contribution >= 4 is 28.4 Å². The van der Waals surface area contributed by atoms with Gasteiger partial charge < -0.3 is 9.80 Å². The van der Waals surface area contributed by atoms with Crippen LogP contribution in [0, 0.1) is 11.8 Å². The summed E-state index contributed by atoms with van der Waals surface area (Å²) in [6.07, 6.45) is 1.00. The Labute approximate surface area is 169 Å². The number of nitrogens with zero attached hydrogens (tertiary/aromatic N) is 3. The Morgan fingerprint density at radius 2 is 2.07 bits per heavy atom. The first-order valence-corrected chi connectivity index (χ1v) is 9.61. The fraction of sp³-hybridized carbons (Fsp3) is 0.273. The number of rotatable bonds is 2. The van der Waals surface area contributed by atoms with Crippen LogP contribution in [0.3, 0.4) is 0 Å². The number of carbonyl (C=O) groups excluding carboxylic acids is 1. The average Bonchev–Trinajstić information content (AvgIpc) is 3.34. The summed E-state index contributed by atoms with van der Waals surface area (Å²) in [5.74, 6) is 6.19. The van der Waals surface area contributed by atoms with Gasteiger partial charge in [0.1, 0.15) is 5.69 Å². The Hall–Kier alpha value is -2.81. The highest BCUT2D eigenvalue weighted by molar-refractivity contribution is 6.31. The second-order valence-corrected chi connectivity index (χ2v) is 7.63. The van der Waals surface area contributed by atoms with Crippen LogP contribution in [0.1, 0.15) is 28.0 Å². The molecule has 5 nitrogen and oxygen atoms in total. The van der Waals surface area contributed by atoms with Crippen molar-refractivity contribution in [1.29, 1.82) is 0 Å². The molecule has 2 aromatic carbocycles. The van der Waals surface area contributed by atoms with Gasteiger partial charge in [-0.05, 0) is 56.8 Å². The third-order valence-corrected chi connectivity index (χ3v) is 5.51. The third kappa shape index (κ3) is 3.62. The number of halogens is 1. The van der Waals surface area contributed by atoms with Crippen LogP contribution in [0.25, 0.3) is 10.9 Å². The number of nitrogens with one attached hydrogen (secondary N) is 1. The summed E-state index contributed by atoms with van der Waals surface area (Å²) in [6, 6.07) is 13.5. The lowest BCUT2D eigenvalue weighted by Crippen LogP contribution is -2.34. The number of H-pyrrole nitrogens is 1. The molecule has 28 heavy (non-hydrogen) atoms. The van der Waals surface area contributed by atoms with Crippen LogP contribution in [-0.2, 0) is 0 Å². The van der Waals surface area contributed by atoms with Gasteiger partial charge >= 0.3 is 0 Å². The minimum absolute atomic E-state index is 0.0532. The van der Waals surface area contributed by atoms with Crippen LogP contribution >= 0.6 is 11.6 Å². The molecule has 1 aliphatic heterocycles. The number of benzene rings is 2. The first-order chi connectivity index (χ1) is 13.5. The lowest BCUT2D eigenvalue weighted by molar-refractivity contribution is 0.0783. The smallest absolute Gasteiger partial charge is 0.253 e. The first-order valence-electron chi connectivity index (χ1n) is 9.23. The monoisotopic (exact) mass is 392 g/mol. The largest absolute Gasteiger partial charge is 0.337 e. The van der Waals surface area contributed by atoms with Crippen molar-refractivity contribution in [3.05, 3.63) is 64.3 Å². The molecule has 1 atom stereocenters. The van der Waals surface area contributed by atoms with E-state index in [-0.39, 0.29) is 5.91 Å². The standard InChI is InChI=1S/C22H21ClN4O/c1-26(2)17-11-12-27(14-17)22(28)16-8-10-21-18(13-16)20(24-25-21)9-7-15-5-3-4-6-19(15)23/h3-6,8,10,13,17H,11-12,14H2,1-2H3,(H,24,25)/t17-/m0/s1. The molecular weight excluding hydrogens is 372 g/mol. The van der Waals surface area contributed by atoms with E-state index in [9.17, 15) is 4.79 Å². The van der Waals surface area contributed by atoms with Gasteiger partial charge in [-0.15, -0.1) is 0 Å². The van der Waals surface area contributed by atoms with E-state index >= 15 is 0 Å². The van der Waals surface area contributed by atoms with E-state index in [1.807, 2.05) is 47.4 Å². The summed E-state index contributed by atoms with van der Waals surface area (Å²) < 4.78 is 0. The highest BCUT2D eigenvalue weighted by Crippen LogP contribution is 2.21. The number of aromatic amines is 1. The van der Waals surface area contributed by atoms with Crippen LogP contribution in [0.5, 0.6) is 0 Å². The van der Waals surface area contributed by atoms with Gasteiger partial charge in [-0.1, -0.05) is 29.7 Å². The van der Waals surface area contributed by atoms with Crippen molar-refractivity contribution < 1.29 is 4.79 Å². The minimum Gasteiger partial charge on any atom is -0.337 e. The number of fused-ring (bicyclic) bond motifs is 1. The lowest BCUT2D eigenvalue weighted by atomic mass is 10.1. The Kier molecular flexibility index (Phi) is 5.08. The predicted molar refractivity (Wildman–Crippen MR) is 112 cm³/mol. The number of hydrogen-bond donors (Lipinski definition) is 1. The van der Waals surface area contributed by atoms with E-state index in [1.165, 1.54) is 0 Å². The normalized spacial score (nSPS) is 16.4. The zero-order valence-corrected chi connectivity index (χ0v) is 16.6. The first kappa shape index (κ1) is 18.5. The molecule has 0 radical (unpaired) electrons. The fourth-order valence-corrected chi connectivity index (χ4v) is 3.64. The van der Waals surface area contributed by atoms with Crippen LogP contribution in [0.2, 0.25) is 5.02 Å². The summed E-state index contributed by atoms with van der Waals surface area (Å²) in [7, 11) is 4.11. The number of aromatic nitrogens is 2. The van der Waals surface area contributed by atoms with E-state index in [2.05, 4.69) is 41.0 Å². The molecule has 0 unspecified atom stereocenters. The molecule has 3 aromatic rings. The fourth-order valence-electron chi connectivity index (χ4n) is 3.46. The van der Waals surface area contributed by atoms with Gasteiger partial charge in [-0.3, -0.25) is 9.89 Å². The number of hydrogen-bond acceptors (Lipinski definition) is 3. The second-order valence-electron chi connectivity index (χ2n) is 7.22. The van der Waals surface area contributed by atoms with E-state index in [0.29, 0.717) is 22.3 Å². The predicted octanol–water partition coefficient (Wildman–Crippen LogP) is 3.39. The van der Waals surface area contributed by atoms with E-state index in [4.69, 9.17) is 11.6 Å². The maximum absolute atomic E-state index is 12.9. The van der Waals surface area contributed by atoms with E-state index in [0.717, 1.165) is 36.0 Å². The zero-order valence-electron chi connectivity index (χ0n) is 15.9. The summed E-state index contributed by atoms with van der Waals surface area (Å²) in [6.45, 7) is 1.54. The molecule has 2 heterocycles. The topological polar surface area (TPSA) is 52.2 Å². The van der Waals surface area contributed by atoms with Gasteiger partial charge in [-0.25, -0.2) is 0 Å². The molecule has 142 valence electrons. The molecule has 1 aromatic heterocycles. The number of carbonyl (C=O) groups is 1. The molecule has 1 aliphatic rings.